The molecule has 0 heterocycles. The van der Waals surface area contributed by atoms with E-state index in [4.69, 9.17) is 0 Å². The van der Waals surface area contributed by atoms with Crippen LogP contribution in [-0.4, -0.2) is 13.2 Å². The number of hydrogen-bond acceptors (Lipinski definition) is 2. The molecule has 3 heteroatoms. The molecule has 0 unspecified atom stereocenters. The summed E-state index contributed by atoms with van der Waals surface area (Å²) in [4.78, 5) is 0. The molecule has 0 atom stereocenters. The van der Waals surface area contributed by atoms with Crippen molar-refractivity contribution in [3.8, 4) is 0 Å². The maximum atomic E-state index is 9.46. The van der Waals surface area contributed by atoms with Crippen molar-refractivity contribution in [2.24, 2.45) is 0 Å². The van der Waals surface area contributed by atoms with Gasteiger partial charge in [0.2, 0.25) is 0 Å². The summed E-state index contributed by atoms with van der Waals surface area (Å²) >= 11 is 0. The van der Waals surface area contributed by atoms with Crippen LogP contribution in [0.25, 0.3) is 0 Å². The summed E-state index contributed by atoms with van der Waals surface area (Å²) in [6.07, 6.45) is 14.4. The Kier molecular flexibility index (Phi) is 44.3. The van der Waals surface area contributed by atoms with E-state index in [1.807, 2.05) is 12.2 Å². The summed E-state index contributed by atoms with van der Waals surface area (Å²) in [6, 6.07) is 0. The molecule has 0 aliphatic heterocycles. The fourth-order valence-electron chi connectivity index (χ4n) is 0.507. The Bertz CT molecular complexity index is 167. The Hall–Kier alpha value is -0.406. The predicted octanol–water partition coefficient (Wildman–Crippen LogP) is 1.60. The van der Waals surface area contributed by atoms with Crippen molar-refractivity contribution in [3.05, 3.63) is 57.0 Å². The molecule has 0 saturated heterocycles. The predicted molar refractivity (Wildman–Crippen MR) is 67.3 cm³/mol. The fraction of sp³-hybridized carbons (Fsp3) is 0.357. The second-order valence-corrected chi connectivity index (χ2v) is 2.57. The molecule has 1 aliphatic carbocycles. The Morgan fingerprint density at radius 1 is 1.12 bits per heavy atom. The average Bonchev–Trinajstić information content (AvgIpc) is 2.79. The zero-order valence-corrected chi connectivity index (χ0v) is 12.2. The molecule has 1 rings (SSSR count). The average molecular weight is 270 g/mol. The van der Waals surface area contributed by atoms with E-state index in [0.717, 1.165) is 6.42 Å². The topological polar surface area (TPSA) is 46.1 Å². The smallest absolute Gasteiger partial charge is 0.854 e. The molecule has 0 aromatic carbocycles. The standard InChI is InChI=1S/C5H5.2C4H7O.CH3.Ti/c1-2-4-5-3-1;2*1-2-3-4-5;;/h1-3H,4H2;2*2H,1,3-4H2;1H3;/q4*-1;+4. The maximum absolute atomic E-state index is 9.46. The second kappa shape index (κ2) is 29.6. The molecule has 0 fully saturated rings. The fourth-order valence-corrected chi connectivity index (χ4v) is 0.507. The van der Waals surface area contributed by atoms with E-state index in [1.54, 1.807) is 12.2 Å². The molecule has 2 nitrogen and oxygen atoms in total. The van der Waals surface area contributed by atoms with Crippen LogP contribution in [0.4, 0.5) is 0 Å². The number of rotatable bonds is 4. The Morgan fingerprint density at radius 3 is 1.65 bits per heavy atom. The van der Waals surface area contributed by atoms with Gasteiger partial charge in [-0.3, -0.25) is 6.08 Å². The van der Waals surface area contributed by atoms with Crippen molar-refractivity contribution in [2.45, 2.75) is 19.3 Å². The summed E-state index contributed by atoms with van der Waals surface area (Å²) in [5.41, 5.74) is 0. The van der Waals surface area contributed by atoms with Crippen LogP contribution >= 0.6 is 0 Å². The van der Waals surface area contributed by atoms with Crippen molar-refractivity contribution in [1.82, 2.24) is 0 Å². The van der Waals surface area contributed by atoms with Gasteiger partial charge in [0.15, 0.2) is 0 Å². The summed E-state index contributed by atoms with van der Waals surface area (Å²) in [5, 5.41) is 18.9. The maximum Gasteiger partial charge on any atom is 4.00 e. The molecule has 0 spiro atoms. The van der Waals surface area contributed by atoms with Gasteiger partial charge in [-0.25, -0.2) is 12.2 Å². The van der Waals surface area contributed by atoms with Crippen LogP contribution in [-0.2, 0) is 21.7 Å². The van der Waals surface area contributed by atoms with Crippen LogP contribution in [0, 0.1) is 13.5 Å². The van der Waals surface area contributed by atoms with Crippen molar-refractivity contribution in [3.63, 3.8) is 0 Å². The van der Waals surface area contributed by atoms with E-state index < -0.39 is 0 Å². The van der Waals surface area contributed by atoms with Crippen LogP contribution in [0.15, 0.2) is 43.5 Å². The molecule has 94 valence electrons. The minimum Gasteiger partial charge on any atom is -0.854 e. The minimum atomic E-state index is -0.0243. The summed E-state index contributed by atoms with van der Waals surface area (Å²) in [5.74, 6) is 0. The first-order valence-corrected chi connectivity index (χ1v) is 4.93. The number of allylic oxidation sites excluding steroid dienone is 4. The second-order valence-electron chi connectivity index (χ2n) is 2.57. The van der Waals surface area contributed by atoms with Gasteiger partial charge in [-0.15, -0.1) is 32.8 Å². The number of hydrogen-bond donors (Lipinski definition) is 0. The Morgan fingerprint density at radius 2 is 1.59 bits per heavy atom. The first-order chi connectivity index (χ1) is 7.33. The molecular weight excluding hydrogens is 248 g/mol. The normalized spacial score (nSPS) is 9.53. The largest absolute Gasteiger partial charge is 4.00 e. The Labute approximate surface area is 121 Å². The van der Waals surface area contributed by atoms with Crippen molar-refractivity contribution in [1.29, 1.82) is 0 Å². The SMILES string of the molecule is C=CCC[O-].C=CCC[O-].[C-]1=CC=CC1.[CH3-].[Ti+4]. The van der Waals surface area contributed by atoms with Gasteiger partial charge in [0.05, 0.1) is 0 Å². The molecule has 17 heavy (non-hydrogen) atoms. The van der Waals surface area contributed by atoms with Crippen LogP contribution in [0.1, 0.15) is 19.3 Å². The zero-order valence-electron chi connectivity index (χ0n) is 10.7. The molecule has 0 N–H and O–H groups in total. The van der Waals surface area contributed by atoms with E-state index >= 15 is 0 Å². The van der Waals surface area contributed by atoms with Crippen LogP contribution in [0.2, 0.25) is 0 Å². The summed E-state index contributed by atoms with van der Waals surface area (Å²) < 4.78 is 0. The summed E-state index contributed by atoms with van der Waals surface area (Å²) in [6.45, 7) is 6.65. The van der Waals surface area contributed by atoms with E-state index in [-0.39, 0.29) is 42.4 Å². The van der Waals surface area contributed by atoms with Crippen LogP contribution in [0.3, 0.4) is 0 Å². The first-order valence-electron chi connectivity index (χ1n) is 4.93. The van der Waals surface area contributed by atoms with Crippen LogP contribution < -0.4 is 10.2 Å². The zero-order chi connectivity index (χ0) is 11.8. The van der Waals surface area contributed by atoms with E-state index in [0.29, 0.717) is 12.8 Å². The third-order valence-electron chi connectivity index (χ3n) is 1.23. The van der Waals surface area contributed by atoms with Gasteiger partial charge in [0, 0.05) is 0 Å². The Balaban J connectivity index is -0.0000000704. The molecule has 1 aliphatic rings. The summed E-state index contributed by atoms with van der Waals surface area (Å²) in [7, 11) is 0. The van der Waals surface area contributed by atoms with Crippen LogP contribution in [0.5, 0.6) is 0 Å². The minimum absolute atomic E-state index is 0. The van der Waals surface area contributed by atoms with Crippen molar-refractivity contribution < 1.29 is 31.9 Å². The van der Waals surface area contributed by atoms with Crippen molar-refractivity contribution in [2.75, 3.05) is 13.2 Å². The molecule has 0 bridgehead atoms. The van der Waals surface area contributed by atoms with E-state index in [1.165, 1.54) is 0 Å². The van der Waals surface area contributed by atoms with Gasteiger partial charge in [-0.2, -0.15) is 6.08 Å². The molecular formula is C14H22O2Ti. The van der Waals surface area contributed by atoms with Gasteiger partial charge in [0.1, 0.15) is 0 Å². The van der Waals surface area contributed by atoms with E-state index in [9.17, 15) is 10.2 Å². The third-order valence-corrected chi connectivity index (χ3v) is 1.23. The molecule has 0 saturated carbocycles. The van der Waals surface area contributed by atoms with Gasteiger partial charge in [-0.1, -0.05) is 25.0 Å². The molecule has 0 amide bonds. The molecule has 0 radical (unpaired) electrons. The first kappa shape index (κ1) is 25.4. The van der Waals surface area contributed by atoms with Gasteiger partial charge < -0.3 is 17.6 Å². The monoisotopic (exact) mass is 270 g/mol. The quantitative estimate of drug-likeness (QED) is 0.442. The molecule has 0 aromatic heterocycles. The van der Waals surface area contributed by atoms with E-state index in [2.05, 4.69) is 25.3 Å². The van der Waals surface area contributed by atoms with Gasteiger partial charge in [-0.05, 0) is 0 Å². The van der Waals surface area contributed by atoms with Gasteiger partial charge in [0.25, 0.3) is 0 Å². The van der Waals surface area contributed by atoms with Crippen molar-refractivity contribution >= 4 is 0 Å². The third kappa shape index (κ3) is 39.0. The molecule has 0 aromatic rings. The van der Waals surface area contributed by atoms with Gasteiger partial charge >= 0.3 is 21.7 Å².